The highest BCUT2D eigenvalue weighted by Crippen LogP contribution is 2.44. The van der Waals surface area contributed by atoms with E-state index in [9.17, 15) is 14.4 Å². The number of carboxylic acids is 1. The Hall–Kier alpha value is -3.35. The smallest absolute Gasteiger partial charge is 0.407 e. The number of hydrogen-bond acceptors (Lipinski definition) is 4. The van der Waals surface area contributed by atoms with Gasteiger partial charge in [0, 0.05) is 30.8 Å². The lowest BCUT2D eigenvalue weighted by Crippen LogP contribution is -2.41. The SMILES string of the molecule is CC[C@H](CC(=O)NC(C)CCC(=O)O)NC(=O)OCC1c2ccccc2-c2ccccc21. The number of rotatable bonds is 10. The number of alkyl carbamates (subject to hydrolysis) is 1. The van der Waals surface area contributed by atoms with Gasteiger partial charge in [-0.1, -0.05) is 55.5 Å². The summed E-state index contributed by atoms with van der Waals surface area (Å²) in [6.07, 6.45) is 0.485. The molecule has 170 valence electrons. The molecular formula is C25H30N2O5. The lowest BCUT2D eigenvalue weighted by molar-refractivity contribution is -0.137. The maximum absolute atomic E-state index is 12.4. The van der Waals surface area contributed by atoms with E-state index in [0.717, 1.165) is 22.3 Å². The Kier molecular flexibility index (Phi) is 7.87. The molecule has 32 heavy (non-hydrogen) atoms. The Morgan fingerprint density at radius 3 is 2.16 bits per heavy atom. The molecule has 2 amide bonds. The molecule has 2 aromatic rings. The summed E-state index contributed by atoms with van der Waals surface area (Å²) in [5, 5.41) is 14.3. The van der Waals surface area contributed by atoms with Gasteiger partial charge in [0.1, 0.15) is 6.61 Å². The number of amides is 2. The molecule has 7 heteroatoms. The molecule has 0 bridgehead atoms. The van der Waals surface area contributed by atoms with E-state index in [0.29, 0.717) is 12.8 Å². The fourth-order valence-corrected chi connectivity index (χ4v) is 4.07. The van der Waals surface area contributed by atoms with Gasteiger partial charge in [-0.2, -0.15) is 0 Å². The summed E-state index contributed by atoms with van der Waals surface area (Å²) < 4.78 is 5.55. The highest BCUT2D eigenvalue weighted by Gasteiger charge is 2.29. The van der Waals surface area contributed by atoms with Crippen LogP contribution in [0.4, 0.5) is 4.79 Å². The number of benzene rings is 2. The molecule has 1 aliphatic rings. The zero-order chi connectivity index (χ0) is 23.1. The van der Waals surface area contributed by atoms with E-state index >= 15 is 0 Å². The van der Waals surface area contributed by atoms with Crippen molar-refractivity contribution in [2.75, 3.05) is 6.61 Å². The van der Waals surface area contributed by atoms with Crippen LogP contribution >= 0.6 is 0 Å². The van der Waals surface area contributed by atoms with E-state index in [1.54, 1.807) is 6.92 Å². The van der Waals surface area contributed by atoms with E-state index in [1.807, 2.05) is 31.2 Å². The third kappa shape index (κ3) is 5.87. The van der Waals surface area contributed by atoms with Crippen LogP contribution < -0.4 is 10.6 Å². The van der Waals surface area contributed by atoms with Gasteiger partial charge in [0.2, 0.25) is 5.91 Å². The lowest BCUT2D eigenvalue weighted by Gasteiger charge is -2.20. The second-order valence-corrected chi connectivity index (χ2v) is 8.18. The van der Waals surface area contributed by atoms with Crippen molar-refractivity contribution >= 4 is 18.0 Å². The van der Waals surface area contributed by atoms with Crippen molar-refractivity contribution in [3.63, 3.8) is 0 Å². The highest BCUT2D eigenvalue weighted by atomic mass is 16.5. The first-order valence-corrected chi connectivity index (χ1v) is 11.0. The Morgan fingerprint density at radius 1 is 1.00 bits per heavy atom. The van der Waals surface area contributed by atoms with Crippen LogP contribution in [0.5, 0.6) is 0 Å². The van der Waals surface area contributed by atoms with Gasteiger partial charge in [-0.3, -0.25) is 9.59 Å². The van der Waals surface area contributed by atoms with Gasteiger partial charge in [-0.25, -0.2) is 4.79 Å². The predicted molar refractivity (Wildman–Crippen MR) is 121 cm³/mol. The first-order valence-electron chi connectivity index (χ1n) is 11.0. The molecule has 1 aliphatic carbocycles. The molecular weight excluding hydrogens is 408 g/mol. The zero-order valence-corrected chi connectivity index (χ0v) is 18.5. The molecule has 0 aliphatic heterocycles. The molecule has 0 spiro atoms. The summed E-state index contributed by atoms with van der Waals surface area (Å²) >= 11 is 0. The third-order valence-corrected chi connectivity index (χ3v) is 5.79. The molecule has 7 nitrogen and oxygen atoms in total. The number of nitrogens with one attached hydrogen (secondary N) is 2. The van der Waals surface area contributed by atoms with Crippen LogP contribution in [-0.2, 0) is 14.3 Å². The van der Waals surface area contributed by atoms with Crippen molar-refractivity contribution in [1.82, 2.24) is 10.6 Å². The molecule has 0 saturated carbocycles. The second-order valence-electron chi connectivity index (χ2n) is 8.18. The van der Waals surface area contributed by atoms with Crippen LogP contribution in [0.25, 0.3) is 11.1 Å². The first-order chi connectivity index (χ1) is 15.4. The summed E-state index contributed by atoms with van der Waals surface area (Å²) in [6.45, 7) is 3.87. The quantitative estimate of drug-likeness (QED) is 0.519. The molecule has 0 aromatic heterocycles. The molecule has 3 N–H and O–H groups in total. The number of carbonyl (C=O) groups is 3. The van der Waals surface area contributed by atoms with Crippen molar-refractivity contribution in [3.8, 4) is 11.1 Å². The Bertz CT molecular complexity index is 929. The average molecular weight is 439 g/mol. The average Bonchev–Trinajstić information content (AvgIpc) is 3.09. The van der Waals surface area contributed by atoms with Crippen LogP contribution in [0.1, 0.15) is 56.6 Å². The summed E-state index contributed by atoms with van der Waals surface area (Å²) in [4.78, 5) is 35.3. The minimum atomic E-state index is -0.894. The summed E-state index contributed by atoms with van der Waals surface area (Å²) in [5.74, 6) is -1.14. The molecule has 0 fully saturated rings. The maximum Gasteiger partial charge on any atom is 0.407 e. The summed E-state index contributed by atoms with van der Waals surface area (Å²) in [5.41, 5.74) is 4.61. The van der Waals surface area contributed by atoms with Gasteiger partial charge in [-0.05, 0) is 42.0 Å². The predicted octanol–water partition coefficient (Wildman–Crippen LogP) is 4.06. The van der Waals surface area contributed by atoms with E-state index < -0.39 is 12.1 Å². The topological polar surface area (TPSA) is 105 Å². The Balaban J connectivity index is 1.52. The van der Waals surface area contributed by atoms with E-state index in [4.69, 9.17) is 9.84 Å². The zero-order valence-electron chi connectivity index (χ0n) is 18.5. The number of fused-ring (bicyclic) bond motifs is 3. The van der Waals surface area contributed by atoms with Crippen LogP contribution in [0.15, 0.2) is 48.5 Å². The monoisotopic (exact) mass is 438 g/mol. The normalized spacial score (nSPS) is 14.1. The Morgan fingerprint density at radius 2 is 1.59 bits per heavy atom. The van der Waals surface area contributed by atoms with Crippen LogP contribution in [0.3, 0.4) is 0 Å². The number of ether oxygens (including phenoxy) is 1. The number of carbonyl (C=O) groups excluding carboxylic acids is 2. The van der Waals surface area contributed by atoms with E-state index in [2.05, 4.69) is 34.9 Å². The van der Waals surface area contributed by atoms with E-state index in [1.165, 1.54) is 0 Å². The molecule has 3 rings (SSSR count). The number of carboxylic acid groups (broad SMARTS) is 1. The largest absolute Gasteiger partial charge is 0.481 e. The van der Waals surface area contributed by atoms with Crippen molar-refractivity contribution in [2.24, 2.45) is 0 Å². The molecule has 2 aromatic carbocycles. The Labute approximate surface area is 188 Å². The third-order valence-electron chi connectivity index (χ3n) is 5.79. The van der Waals surface area contributed by atoms with Crippen molar-refractivity contribution in [1.29, 1.82) is 0 Å². The lowest BCUT2D eigenvalue weighted by atomic mass is 9.98. The number of hydrogen-bond donors (Lipinski definition) is 3. The van der Waals surface area contributed by atoms with Gasteiger partial charge in [0.05, 0.1) is 0 Å². The van der Waals surface area contributed by atoms with Crippen LogP contribution in [0, 0.1) is 0 Å². The fourth-order valence-electron chi connectivity index (χ4n) is 4.07. The minimum Gasteiger partial charge on any atom is -0.481 e. The number of aliphatic carboxylic acids is 1. The standard InChI is InChI=1S/C25H30N2O5/c1-3-17(14-23(28)26-16(2)12-13-24(29)30)27-25(31)32-15-22-20-10-6-4-8-18(20)19-9-5-7-11-21(19)22/h4-11,16-17,22H,3,12-15H2,1-2H3,(H,26,28)(H,27,31)(H,29,30)/t16?,17-/m1/s1. The van der Waals surface area contributed by atoms with Crippen LogP contribution in [0.2, 0.25) is 0 Å². The highest BCUT2D eigenvalue weighted by molar-refractivity contribution is 5.79. The van der Waals surface area contributed by atoms with Crippen molar-refractivity contribution in [3.05, 3.63) is 59.7 Å². The maximum atomic E-state index is 12.4. The molecule has 0 heterocycles. The first kappa shape index (κ1) is 23.3. The molecule has 0 saturated heterocycles. The summed E-state index contributed by atoms with van der Waals surface area (Å²) in [6, 6.07) is 15.7. The van der Waals surface area contributed by atoms with Gasteiger partial charge in [-0.15, -0.1) is 0 Å². The molecule has 2 atom stereocenters. The molecule has 1 unspecified atom stereocenters. The van der Waals surface area contributed by atoms with Crippen molar-refractivity contribution < 1.29 is 24.2 Å². The summed E-state index contributed by atoms with van der Waals surface area (Å²) in [7, 11) is 0. The molecule has 0 radical (unpaired) electrons. The van der Waals surface area contributed by atoms with Gasteiger partial charge in [0.15, 0.2) is 0 Å². The van der Waals surface area contributed by atoms with Gasteiger partial charge in [0.25, 0.3) is 0 Å². The fraction of sp³-hybridized carbons (Fsp3) is 0.400. The van der Waals surface area contributed by atoms with E-state index in [-0.39, 0.29) is 43.4 Å². The van der Waals surface area contributed by atoms with Crippen LogP contribution in [-0.4, -0.2) is 41.8 Å². The van der Waals surface area contributed by atoms with Gasteiger partial charge < -0.3 is 20.5 Å². The van der Waals surface area contributed by atoms with Gasteiger partial charge >= 0.3 is 12.1 Å². The van der Waals surface area contributed by atoms with Crippen molar-refractivity contribution in [2.45, 2.75) is 57.5 Å². The second kappa shape index (κ2) is 10.8. The minimum absolute atomic E-state index is 0.00332.